The van der Waals surface area contributed by atoms with Crippen LogP contribution in [0.15, 0.2) is 54.7 Å². The standard InChI is InChI=1S/C17H11ClN2/c18-16-7-2-1-5-15(16)17-14-6-3-4-12(8-10-19)13(14)9-11-20-17/h1-7,9,11H,8H2. The Balaban J connectivity index is 2.31. The highest BCUT2D eigenvalue weighted by atomic mass is 35.5. The predicted octanol–water partition coefficient (Wildman–Crippen LogP) is 4.62. The van der Waals surface area contributed by atoms with Gasteiger partial charge in [-0.2, -0.15) is 5.26 Å². The number of fused-ring (bicyclic) bond motifs is 1. The lowest BCUT2D eigenvalue weighted by Gasteiger charge is -2.09. The maximum absolute atomic E-state index is 8.92. The van der Waals surface area contributed by atoms with Crippen molar-refractivity contribution in [1.82, 2.24) is 4.98 Å². The highest BCUT2D eigenvalue weighted by molar-refractivity contribution is 6.33. The molecule has 0 saturated carbocycles. The number of benzene rings is 2. The summed E-state index contributed by atoms with van der Waals surface area (Å²) in [5.41, 5.74) is 2.78. The number of pyridine rings is 1. The average molecular weight is 279 g/mol. The quantitative estimate of drug-likeness (QED) is 0.686. The van der Waals surface area contributed by atoms with E-state index in [0.717, 1.165) is 27.6 Å². The lowest BCUT2D eigenvalue weighted by atomic mass is 9.99. The normalized spacial score (nSPS) is 10.4. The van der Waals surface area contributed by atoms with E-state index in [1.54, 1.807) is 6.20 Å². The second-order valence-corrected chi connectivity index (χ2v) is 4.89. The van der Waals surface area contributed by atoms with Crippen molar-refractivity contribution in [1.29, 1.82) is 5.26 Å². The number of aromatic nitrogens is 1. The van der Waals surface area contributed by atoms with Crippen LogP contribution in [-0.4, -0.2) is 4.98 Å². The van der Waals surface area contributed by atoms with Crippen LogP contribution < -0.4 is 0 Å². The maximum Gasteiger partial charge on any atom is 0.0795 e. The molecule has 0 spiro atoms. The minimum absolute atomic E-state index is 0.392. The van der Waals surface area contributed by atoms with Gasteiger partial charge >= 0.3 is 0 Å². The van der Waals surface area contributed by atoms with Gasteiger partial charge in [0.05, 0.1) is 18.2 Å². The minimum atomic E-state index is 0.392. The van der Waals surface area contributed by atoms with Crippen molar-refractivity contribution in [2.45, 2.75) is 6.42 Å². The Hall–Kier alpha value is -2.37. The molecule has 0 saturated heterocycles. The van der Waals surface area contributed by atoms with E-state index in [2.05, 4.69) is 11.1 Å². The first-order valence-electron chi connectivity index (χ1n) is 6.29. The molecule has 0 radical (unpaired) electrons. The molecular weight excluding hydrogens is 268 g/mol. The van der Waals surface area contributed by atoms with E-state index in [1.165, 1.54) is 0 Å². The van der Waals surface area contributed by atoms with Crippen molar-refractivity contribution in [3.8, 4) is 17.3 Å². The Bertz CT molecular complexity index is 819. The fraction of sp³-hybridized carbons (Fsp3) is 0.0588. The first-order valence-corrected chi connectivity index (χ1v) is 6.67. The van der Waals surface area contributed by atoms with Crippen LogP contribution in [0.25, 0.3) is 22.0 Å². The molecular formula is C17H11ClN2. The van der Waals surface area contributed by atoms with Crippen molar-refractivity contribution in [2.75, 3.05) is 0 Å². The molecule has 3 heteroatoms. The number of rotatable bonds is 2. The molecule has 0 aliphatic rings. The van der Waals surface area contributed by atoms with E-state index in [-0.39, 0.29) is 0 Å². The van der Waals surface area contributed by atoms with Crippen molar-refractivity contribution in [2.24, 2.45) is 0 Å². The van der Waals surface area contributed by atoms with Gasteiger partial charge in [0, 0.05) is 22.2 Å². The summed E-state index contributed by atoms with van der Waals surface area (Å²) >= 11 is 6.27. The van der Waals surface area contributed by atoms with E-state index in [9.17, 15) is 0 Å². The number of halogens is 1. The molecule has 2 nitrogen and oxygen atoms in total. The Kier molecular flexibility index (Phi) is 3.37. The van der Waals surface area contributed by atoms with E-state index >= 15 is 0 Å². The first-order chi connectivity index (χ1) is 9.81. The molecule has 1 aromatic heterocycles. The topological polar surface area (TPSA) is 36.7 Å². The van der Waals surface area contributed by atoms with Crippen LogP contribution in [0.4, 0.5) is 0 Å². The monoisotopic (exact) mass is 278 g/mol. The summed E-state index contributed by atoms with van der Waals surface area (Å²) in [5.74, 6) is 0. The third kappa shape index (κ3) is 2.13. The number of hydrogen-bond donors (Lipinski definition) is 0. The zero-order valence-electron chi connectivity index (χ0n) is 10.7. The highest BCUT2D eigenvalue weighted by Crippen LogP contribution is 2.32. The fourth-order valence-corrected chi connectivity index (χ4v) is 2.60. The number of nitriles is 1. The van der Waals surface area contributed by atoms with Crippen LogP contribution in [0.1, 0.15) is 5.56 Å². The molecule has 96 valence electrons. The van der Waals surface area contributed by atoms with Gasteiger partial charge in [0.15, 0.2) is 0 Å². The van der Waals surface area contributed by atoms with Crippen LogP contribution in [0, 0.1) is 11.3 Å². The third-order valence-electron chi connectivity index (χ3n) is 3.29. The molecule has 2 aromatic carbocycles. The van der Waals surface area contributed by atoms with Crippen molar-refractivity contribution in [3.63, 3.8) is 0 Å². The largest absolute Gasteiger partial charge is 0.256 e. The van der Waals surface area contributed by atoms with Gasteiger partial charge in [-0.05, 0) is 23.1 Å². The highest BCUT2D eigenvalue weighted by Gasteiger charge is 2.10. The number of hydrogen-bond acceptors (Lipinski definition) is 2. The lowest BCUT2D eigenvalue weighted by molar-refractivity contribution is 1.28. The summed E-state index contributed by atoms with van der Waals surface area (Å²) in [7, 11) is 0. The van der Waals surface area contributed by atoms with Crippen molar-refractivity contribution >= 4 is 22.4 Å². The van der Waals surface area contributed by atoms with Crippen molar-refractivity contribution in [3.05, 3.63) is 65.3 Å². The van der Waals surface area contributed by atoms with Crippen LogP contribution >= 0.6 is 11.6 Å². The minimum Gasteiger partial charge on any atom is -0.256 e. The van der Waals surface area contributed by atoms with Crippen LogP contribution in [0.5, 0.6) is 0 Å². The summed E-state index contributed by atoms with van der Waals surface area (Å²) in [6.07, 6.45) is 2.16. The summed E-state index contributed by atoms with van der Waals surface area (Å²) in [6.45, 7) is 0. The molecule has 0 aliphatic carbocycles. The lowest BCUT2D eigenvalue weighted by Crippen LogP contribution is -1.90. The Morgan fingerprint density at radius 3 is 2.65 bits per heavy atom. The van der Waals surface area contributed by atoms with E-state index in [1.807, 2.05) is 48.5 Å². The van der Waals surface area contributed by atoms with Crippen LogP contribution in [-0.2, 0) is 6.42 Å². The van der Waals surface area contributed by atoms with Crippen LogP contribution in [0.3, 0.4) is 0 Å². The summed E-state index contributed by atoms with van der Waals surface area (Å²) in [5, 5.41) is 11.7. The van der Waals surface area contributed by atoms with E-state index in [0.29, 0.717) is 11.4 Å². The summed E-state index contributed by atoms with van der Waals surface area (Å²) in [6, 6.07) is 17.8. The number of nitrogens with zero attached hydrogens (tertiary/aromatic N) is 2. The molecule has 0 atom stereocenters. The molecule has 0 bridgehead atoms. The Labute approximate surface area is 122 Å². The summed E-state index contributed by atoms with van der Waals surface area (Å²) < 4.78 is 0. The molecule has 1 heterocycles. The van der Waals surface area contributed by atoms with Gasteiger partial charge in [-0.25, -0.2) is 0 Å². The van der Waals surface area contributed by atoms with E-state index < -0.39 is 0 Å². The first kappa shape index (κ1) is 12.7. The van der Waals surface area contributed by atoms with Gasteiger partial charge in [0.2, 0.25) is 0 Å². The molecule has 0 N–H and O–H groups in total. The molecule has 20 heavy (non-hydrogen) atoms. The molecule has 0 aliphatic heterocycles. The second kappa shape index (κ2) is 5.32. The predicted molar refractivity (Wildman–Crippen MR) is 81.5 cm³/mol. The van der Waals surface area contributed by atoms with Gasteiger partial charge in [0.25, 0.3) is 0 Å². The van der Waals surface area contributed by atoms with Gasteiger partial charge < -0.3 is 0 Å². The zero-order valence-corrected chi connectivity index (χ0v) is 11.4. The Morgan fingerprint density at radius 2 is 1.85 bits per heavy atom. The van der Waals surface area contributed by atoms with Gasteiger partial charge in [0.1, 0.15) is 0 Å². The molecule has 0 fully saturated rings. The van der Waals surface area contributed by atoms with Crippen LogP contribution in [0.2, 0.25) is 5.02 Å². The third-order valence-corrected chi connectivity index (χ3v) is 3.62. The SMILES string of the molecule is N#CCc1cccc2c(-c3ccccc3Cl)nccc12. The molecule has 3 aromatic rings. The fourth-order valence-electron chi connectivity index (χ4n) is 2.38. The molecule has 0 amide bonds. The van der Waals surface area contributed by atoms with E-state index in [4.69, 9.17) is 16.9 Å². The maximum atomic E-state index is 8.92. The smallest absolute Gasteiger partial charge is 0.0795 e. The zero-order chi connectivity index (χ0) is 13.9. The van der Waals surface area contributed by atoms with Crippen molar-refractivity contribution < 1.29 is 0 Å². The Morgan fingerprint density at radius 1 is 1.00 bits per heavy atom. The van der Waals surface area contributed by atoms with Gasteiger partial charge in [-0.3, -0.25) is 4.98 Å². The van der Waals surface area contributed by atoms with Gasteiger partial charge in [-0.1, -0.05) is 48.0 Å². The second-order valence-electron chi connectivity index (χ2n) is 4.49. The van der Waals surface area contributed by atoms with Gasteiger partial charge in [-0.15, -0.1) is 0 Å². The molecule has 0 unspecified atom stereocenters. The summed E-state index contributed by atoms with van der Waals surface area (Å²) in [4.78, 5) is 4.47. The average Bonchev–Trinajstić information content (AvgIpc) is 2.48. The molecule has 3 rings (SSSR count).